The van der Waals surface area contributed by atoms with Gasteiger partial charge >= 0.3 is 17.9 Å². The Morgan fingerprint density at radius 1 is 0.323 bits per heavy atom. The summed E-state index contributed by atoms with van der Waals surface area (Å²) in [6.45, 7) is 6.36. The zero-order chi connectivity index (χ0) is 47.2. The first-order chi connectivity index (χ1) is 32.0. The first kappa shape index (κ1) is 61.3. The van der Waals surface area contributed by atoms with Crippen molar-refractivity contribution in [3.63, 3.8) is 0 Å². The summed E-state index contributed by atoms with van der Waals surface area (Å²) in [6.07, 6.45) is 69.6. The number of hydrogen-bond acceptors (Lipinski definition) is 6. The zero-order valence-corrected chi connectivity index (χ0v) is 42.2. The third-order valence-corrected chi connectivity index (χ3v) is 11.1. The number of carbonyl (C=O) groups excluding carboxylic acids is 3. The number of rotatable bonds is 47. The molecule has 6 nitrogen and oxygen atoms in total. The minimum atomic E-state index is -0.808. The Morgan fingerprint density at radius 3 is 0.969 bits per heavy atom. The maximum Gasteiger partial charge on any atom is 0.306 e. The van der Waals surface area contributed by atoms with E-state index in [0.29, 0.717) is 19.3 Å². The summed E-state index contributed by atoms with van der Waals surface area (Å²) < 4.78 is 16.8. The maximum atomic E-state index is 12.8. The third kappa shape index (κ3) is 51.2. The van der Waals surface area contributed by atoms with Gasteiger partial charge in [-0.1, -0.05) is 221 Å². The SMILES string of the molecule is CC/C=C\C/C=C\C/C=C\C/C=C\CCCCCCC(=O)OC[C@H](COC(=O)CCCCCCCCCCCCCCCCC)OC(=O)CCCC/C=C\C/C=C\C/C=C\C/C=C\CC. The predicted octanol–water partition coefficient (Wildman–Crippen LogP) is 17.8. The van der Waals surface area contributed by atoms with Gasteiger partial charge in [0.05, 0.1) is 0 Å². The van der Waals surface area contributed by atoms with Crippen LogP contribution in [0.5, 0.6) is 0 Å². The molecule has 0 amide bonds. The Balaban J connectivity index is 4.49. The van der Waals surface area contributed by atoms with Crippen molar-refractivity contribution in [3.05, 3.63) is 97.2 Å². The van der Waals surface area contributed by atoms with Crippen molar-refractivity contribution in [2.24, 2.45) is 0 Å². The molecule has 0 rings (SSSR count). The summed E-state index contributed by atoms with van der Waals surface area (Å²) in [5.74, 6) is -0.967. The smallest absolute Gasteiger partial charge is 0.306 e. The number of hydrogen-bond donors (Lipinski definition) is 0. The second-order valence-electron chi connectivity index (χ2n) is 17.4. The van der Waals surface area contributed by atoms with E-state index in [-0.39, 0.29) is 37.5 Å². The molecule has 0 saturated heterocycles. The molecule has 0 radical (unpaired) electrons. The molecule has 0 spiro atoms. The van der Waals surface area contributed by atoms with E-state index in [1.165, 1.54) is 77.0 Å². The normalized spacial score (nSPS) is 12.8. The Morgan fingerprint density at radius 2 is 0.600 bits per heavy atom. The highest BCUT2D eigenvalue weighted by atomic mass is 16.6. The molecule has 370 valence electrons. The number of unbranched alkanes of at least 4 members (excludes halogenated alkanes) is 20. The van der Waals surface area contributed by atoms with Gasteiger partial charge in [-0.15, -0.1) is 0 Å². The lowest BCUT2D eigenvalue weighted by molar-refractivity contribution is -0.167. The van der Waals surface area contributed by atoms with Crippen LogP contribution < -0.4 is 0 Å². The van der Waals surface area contributed by atoms with Gasteiger partial charge in [0.15, 0.2) is 6.10 Å². The molecule has 0 aromatic rings. The molecule has 0 N–H and O–H groups in total. The average Bonchev–Trinajstić information content (AvgIpc) is 3.30. The van der Waals surface area contributed by atoms with Gasteiger partial charge in [-0.2, -0.15) is 0 Å². The minimum Gasteiger partial charge on any atom is -0.462 e. The molecule has 0 aliphatic carbocycles. The van der Waals surface area contributed by atoms with Crippen LogP contribution in [-0.4, -0.2) is 37.2 Å². The highest BCUT2D eigenvalue weighted by molar-refractivity contribution is 5.71. The highest BCUT2D eigenvalue weighted by Gasteiger charge is 2.19. The molecule has 0 aromatic heterocycles. The van der Waals surface area contributed by atoms with E-state index < -0.39 is 6.10 Å². The molecule has 0 unspecified atom stereocenters. The summed E-state index contributed by atoms with van der Waals surface area (Å²) in [4.78, 5) is 38.0. The summed E-state index contributed by atoms with van der Waals surface area (Å²) >= 11 is 0. The summed E-state index contributed by atoms with van der Waals surface area (Å²) in [5, 5.41) is 0. The molecule has 0 aliphatic rings. The monoisotopic (exact) mass is 903 g/mol. The molecule has 0 heterocycles. The fraction of sp³-hybridized carbons (Fsp3) is 0.678. The van der Waals surface area contributed by atoms with Crippen molar-refractivity contribution >= 4 is 17.9 Å². The van der Waals surface area contributed by atoms with Gasteiger partial charge in [0.25, 0.3) is 0 Å². The molecule has 0 fully saturated rings. The van der Waals surface area contributed by atoms with Crippen LogP contribution in [0.25, 0.3) is 0 Å². The van der Waals surface area contributed by atoms with Gasteiger partial charge in [0.1, 0.15) is 13.2 Å². The standard InChI is InChI=1S/C59H98O6/c1-4-7-10-13-16-19-22-25-28-29-32-34-37-40-43-46-49-52-58(61)64-55-56(65-59(62)53-50-47-44-41-38-35-31-27-24-21-18-15-12-9-6-3)54-63-57(60)51-48-45-42-39-36-33-30-26-23-20-17-14-11-8-5-2/h7,9-10,12,16,18-19,21,25,27-28,31-32,34,38,41,56H,4-6,8,11,13-15,17,20,22-24,26,29-30,33,35-37,39-40,42-55H2,1-3H3/b10-7-,12-9-,19-16-,21-18-,28-25-,31-27-,34-32-,41-38-/t56-/m0/s1. The molecule has 65 heavy (non-hydrogen) atoms. The second-order valence-corrected chi connectivity index (χ2v) is 17.4. The molecular formula is C59H98O6. The van der Waals surface area contributed by atoms with E-state index in [4.69, 9.17) is 14.2 Å². The summed E-state index contributed by atoms with van der Waals surface area (Å²) in [7, 11) is 0. The maximum absolute atomic E-state index is 12.8. The number of carbonyl (C=O) groups is 3. The van der Waals surface area contributed by atoms with Gasteiger partial charge in [-0.3, -0.25) is 14.4 Å². The van der Waals surface area contributed by atoms with Crippen molar-refractivity contribution in [2.75, 3.05) is 13.2 Å². The van der Waals surface area contributed by atoms with E-state index in [2.05, 4.69) is 118 Å². The first-order valence-corrected chi connectivity index (χ1v) is 26.7. The quantitative estimate of drug-likeness (QED) is 0.0262. The van der Waals surface area contributed by atoms with Crippen molar-refractivity contribution < 1.29 is 28.6 Å². The average molecular weight is 903 g/mol. The minimum absolute atomic E-state index is 0.101. The zero-order valence-electron chi connectivity index (χ0n) is 42.2. The molecule has 6 heteroatoms. The van der Waals surface area contributed by atoms with Crippen LogP contribution in [0.3, 0.4) is 0 Å². The highest BCUT2D eigenvalue weighted by Crippen LogP contribution is 2.15. The number of allylic oxidation sites excluding steroid dienone is 16. The largest absolute Gasteiger partial charge is 0.462 e. The van der Waals surface area contributed by atoms with E-state index in [1.54, 1.807) is 0 Å². The first-order valence-electron chi connectivity index (χ1n) is 26.7. The molecule has 0 aromatic carbocycles. The summed E-state index contributed by atoms with van der Waals surface area (Å²) in [6, 6.07) is 0. The Kier molecular flexibility index (Phi) is 50.0. The Hall–Kier alpha value is -3.67. The van der Waals surface area contributed by atoms with Crippen LogP contribution in [0.4, 0.5) is 0 Å². The van der Waals surface area contributed by atoms with Crippen molar-refractivity contribution in [3.8, 4) is 0 Å². The van der Waals surface area contributed by atoms with E-state index >= 15 is 0 Å². The lowest BCUT2D eigenvalue weighted by atomic mass is 10.0. The number of ether oxygens (including phenoxy) is 3. The van der Waals surface area contributed by atoms with Gasteiger partial charge < -0.3 is 14.2 Å². The van der Waals surface area contributed by atoms with Gasteiger partial charge in [0.2, 0.25) is 0 Å². The van der Waals surface area contributed by atoms with Gasteiger partial charge in [0, 0.05) is 19.3 Å². The fourth-order valence-corrected chi connectivity index (χ4v) is 7.13. The van der Waals surface area contributed by atoms with Crippen LogP contribution >= 0.6 is 0 Å². The second kappa shape index (κ2) is 52.9. The predicted molar refractivity (Wildman–Crippen MR) is 279 cm³/mol. The number of esters is 3. The fourth-order valence-electron chi connectivity index (χ4n) is 7.13. The van der Waals surface area contributed by atoms with Crippen LogP contribution in [0.1, 0.15) is 239 Å². The van der Waals surface area contributed by atoms with Crippen molar-refractivity contribution in [1.29, 1.82) is 0 Å². The van der Waals surface area contributed by atoms with E-state index in [9.17, 15) is 14.4 Å². The van der Waals surface area contributed by atoms with E-state index in [1.807, 2.05) is 0 Å². The third-order valence-electron chi connectivity index (χ3n) is 11.1. The Labute approximate surface area is 400 Å². The lowest BCUT2D eigenvalue weighted by Gasteiger charge is -2.18. The van der Waals surface area contributed by atoms with Crippen molar-refractivity contribution in [2.45, 2.75) is 245 Å². The lowest BCUT2D eigenvalue weighted by Crippen LogP contribution is -2.30. The van der Waals surface area contributed by atoms with Gasteiger partial charge in [-0.25, -0.2) is 0 Å². The molecule has 0 bridgehead atoms. The van der Waals surface area contributed by atoms with Crippen LogP contribution in [-0.2, 0) is 28.6 Å². The van der Waals surface area contributed by atoms with Crippen LogP contribution in [0.2, 0.25) is 0 Å². The topological polar surface area (TPSA) is 78.9 Å². The van der Waals surface area contributed by atoms with Crippen molar-refractivity contribution in [1.82, 2.24) is 0 Å². The molecule has 0 saturated carbocycles. The van der Waals surface area contributed by atoms with E-state index in [0.717, 1.165) is 116 Å². The molecular weight excluding hydrogens is 805 g/mol. The Bertz CT molecular complexity index is 1310. The molecule has 0 aliphatic heterocycles. The van der Waals surface area contributed by atoms with Gasteiger partial charge in [-0.05, 0) is 96.3 Å². The molecule has 1 atom stereocenters. The summed E-state index contributed by atoms with van der Waals surface area (Å²) in [5.41, 5.74) is 0. The van der Waals surface area contributed by atoms with Crippen LogP contribution in [0, 0.1) is 0 Å². The van der Waals surface area contributed by atoms with Crippen LogP contribution in [0.15, 0.2) is 97.2 Å².